The second-order valence-electron chi connectivity index (χ2n) is 13.7. The number of ether oxygens (including phenoxy) is 3. The quantitative estimate of drug-likeness (QED) is 0.0771. The average molecular weight is 609 g/mol. The normalized spacial score (nSPS) is 27.8. The lowest BCUT2D eigenvalue weighted by Gasteiger charge is -2.25. The summed E-state index contributed by atoms with van der Waals surface area (Å²) in [7, 11) is 0. The topological polar surface area (TPSA) is 105 Å². The number of carbonyl (C=O) groups excluding carboxylic acids is 1. The van der Waals surface area contributed by atoms with Crippen molar-refractivity contribution >= 4 is 5.97 Å². The molecule has 0 radical (unpaired) electrons. The number of esters is 1. The van der Waals surface area contributed by atoms with Gasteiger partial charge in [-0.25, -0.2) is 4.79 Å². The Balaban J connectivity index is 1.18. The van der Waals surface area contributed by atoms with Gasteiger partial charge in [-0.3, -0.25) is 0 Å². The van der Waals surface area contributed by atoms with E-state index in [2.05, 4.69) is 6.92 Å². The number of unbranched alkanes of at least 4 members (excludes halogenated alkanes) is 13. The van der Waals surface area contributed by atoms with Crippen LogP contribution in [0.5, 0.6) is 0 Å². The first-order valence-electron chi connectivity index (χ1n) is 18.1. The fourth-order valence-corrected chi connectivity index (χ4v) is 7.11. The molecule has 3 aliphatic rings. The van der Waals surface area contributed by atoms with Crippen LogP contribution in [-0.4, -0.2) is 70.1 Å². The molecule has 43 heavy (non-hydrogen) atoms. The fourth-order valence-electron chi connectivity index (χ4n) is 7.11. The maximum absolute atomic E-state index is 11.7. The Morgan fingerprint density at radius 1 is 0.698 bits per heavy atom. The second kappa shape index (κ2) is 20.9. The van der Waals surface area contributed by atoms with Gasteiger partial charge in [0.15, 0.2) is 0 Å². The SMILES string of the molecule is CCCCCCCCCCCCC[C@H](O)[C@@H]1CC[C@@H]([C@@H]2CC[C@@H]([C@H](O)CC(O)CCCCCCC3=C[C@H](C)OC3=O)O2)O1. The zero-order valence-corrected chi connectivity index (χ0v) is 27.4. The van der Waals surface area contributed by atoms with Gasteiger partial charge in [-0.2, -0.15) is 0 Å². The van der Waals surface area contributed by atoms with Crippen LogP contribution in [0, 0.1) is 0 Å². The molecule has 0 aromatic carbocycles. The van der Waals surface area contributed by atoms with Crippen LogP contribution in [0.2, 0.25) is 0 Å². The first-order chi connectivity index (χ1) is 20.9. The minimum absolute atomic E-state index is 0.0100. The van der Waals surface area contributed by atoms with E-state index < -0.39 is 18.3 Å². The molecule has 2 fully saturated rings. The zero-order chi connectivity index (χ0) is 30.9. The largest absolute Gasteiger partial charge is 0.455 e. The van der Waals surface area contributed by atoms with Crippen LogP contribution in [0.15, 0.2) is 11.6 Å². The van der Waals surface area contributed by atoms with Crippen molar-refractivity contribution in [2.75, 3.05) is 0 Å². The lowest BCUT2D eigenvalue weighted by Crippen LogP contribution is -2.34. The summed E-state index contributed by atoms with van der Waals surface area (Å²) in [5.41, 5.74) is 0.791. The summed E-state index contributed by atoms with van der Waals surface area (Å²) >= 11 is 0. The van der Waals surface area contributed by atoms with Gasteiger partial charge in [-0.15, -0.1) is 0 Å². The molecular formula is C36H64O7. The fraction of sp³-hybridized carbons (Fsp3) is 0.917. The van der Waals surface area contributed by atoms with Crippen molar-refractivity contribution in [3.05, 3.63) is 11.6 Å². The van der Waals surface area contributed by atoms with Crippen LogP contribution in [-0.2, 0) is 19.0 Å². The molecule has 0 saturated carbocycles. The molecule has 7 heteroatoms. The van der Waals surface area contributed by atoms with Crippen molar-refractivity contribution in [1.82, 2.24) is 0 Å². The predicted molar refractivity (Wildman–Crippen MR) is 171 cm³/mol. The van der Waals surface area contributed by atoms with Gasteiger partial charge in [0.1, 0.15) is 6.10 Å². The summed E-state index contributed by atoms with van der Waals surface area (Å²) < 4.78 is 17.6. The number of hydrogen-bond acceptors (Lipinski definition) is 7. The Kier molecular flexibility index (Phi) is 17.8. The summed E-state index contributed by atoms with van der Waals surface area (Å²) in [6.07, 6.45) is 24.0. The lowest BCUT2D eigenvalue weighted by atomic mass is 9.99. The molecule has 0 spiro atoms. The van der Waals surface area contributed by atoms with E-state index in [0.29, 0.717) is 12.8 Å². The number of cyclic esters (lactones) is 1. The van der Waals surface area contributed by atoms with E-state index in [-0.39, 0.29) is 36.5 Å². The summed E-state index contributed by atoms with van der Waals surface area (Å²) in [6.45, 7) is 4.14. The van der Waals surface area contributed by atoms with Crippen molar-refractivity contribution in [2.24, 2.45) is 0 Å². The van der Waals surface area contributed by atoms with Gasteiger partial charge >= 0.3 is 5.97 Å². The molecule has 3 rings (SSSR count). The monoisotopic (exact) mass is 608 g/mol. The summed E-state index contributed by atoms with van der Waals surface area (Å²) in [6, 6.07) is 0. The molecule has 8 atom stereocenters. The molecule has 7 nitrogen and oxygen atoms in total. The van der Waals surface area contributed by atoms with E-state index in [1.807, 2.05) is 13.0 Å². The molecular weight excluding hydrogens is 544 g/mol. The molecule has 0 aliphatic carbocycles. The van der Waals surface area contributed by atoms with Crippen molar-refractivity contribution in [3.63, 3.8) is 0 Å². The highest BCUT2D eigenvalue weighted by molar-refractivity contribution is 5.90. The summed E-state index contributed by atoms with van der Waals surface area (Å²) in [5, 5.41) is 32.0. The number of hydrogen-bond donors (Lipinski definition) is 3. The number of carbonyl (C=O) groups is 1. The Hall–Kier alpha value is -0.990. The van der Waals surface area contributed by atoms with Gasteiger partial charge in [-0.1, -0.05) is 96.8 Å². The van der Waals surface area contributed by atoms with E-state index in [9.17, 15) is 20.1 Å². The molecule has 0 aromatic heterocycles. The van der Waals surface area contributed by atoms with Crippen LogP contribution < -0.4 is 0 Å². The number of rotatable bonds is 24. The van der Waals surface area contributed by atoms with Crippen molar-refractivity contribution in [2.45, 2.75) is 210 Å². The smallest absolute Gasteiger partial charge is 0.334 e. The third-order valence-electron chi connectivity index (χ3n) is 9.79. The molecule has 0 amide bonds. The average Bonchev–Trinajstić information content (AvgIpc) is 3.73. The van der Waals surface area contributed by atoms with Gasteiger partial charge in [0.2, 0.25) is 0 Å². The molecule has 0 bridgehead atoms. The van der Waals surface area contributed by atoms with Crippen molar-refractivity contribution in [1.29, 1.82) is 0 Å². The zero-order valence-electron chi connectivity index (χ0n) is 27.4. The number of aliphatic hydroxyl groups excluding tert-OH is 3. The maximum atomic E-state index is 11.7. The third-order valence-corrected chi connectivity index (χ3v) is 9.79. The van der Waals surface area contributed by atoms with Crippen LogP contribution in [0.1, 0.15) is 162 Å². The predicted octanol–water partition coefficient (Wildman–Crippen LogP) is 7.47. The Morgan fingerprint density at radius 2 is 1.21 bits per heavy atom. The van der Waals surface area contributed by atoms with E-state index >= 15 is 0 Å². The van der Waals surface area contributed by atoms with Gasteiger partial charge in [0.25, 0.3) is 0 Å². The van der Waals surface area contributed by atoms with Crippen LogP contribution >= 0.6 is 0 Å². The Labute approximate surface area is 262 Å². The third kappa shape index (κ3) is 13.9. The molecule has 3 heterocycles. The molecule has 1 unspecified atom stereocenters. The first kappa shape index (κ1) is 36.5. The summed E-state index contributed by atoms with van der Waals surface area (Å²) in [4.78, 5) is 11.7. The number of aliphatic hydroxyl groups is 3. The van der Waals surface area contributed by atoms with Crippen LogP contribution in [0.3, 0.4) is 0 Å². The Bertz CT molecular complexity index is 786. The highest BCUT2D eigenvalue weighted by Gasteiger charge is 2.41. The molecule has 0 aromatic rings. The van der Waals surface area contributed by atoms with Crippen molar-refractivity contribution < 1.29 is 34.3 Å². The Morgan fingerprint density at radius 3 is 1.77 bits per heavy atom. The van der Waals surface area contributed by atoms with Crippen molar-refractivity contribution in [3.8, 4) is 0 Å². The minimum Gasteiger partial charge on any atom is -0.455 e. The highest BCUT2D eigenvalue weighted by Crippen LogP contribution is 2.34. The molecule has 250 valence electrons. The molecule has 3 aliphatic heterocycles. The van der Waals surface area contributed by atoms with E-state index in [1.165, 1.54) is 64.2 Å². The second-order valence-corrected chi connectivity index (χ2v) is 13.7. The molecule has 3 N–H and O–H groups in total. The maximum Gasteiger partial charge on any atom is 0.334 e. The van der Waals surface area contributed by atoms with Gasteiger partial charge < -0.3 is 29.5 Å². The molecule has 2 saturated heterocycles. The first-order valence-corrected chi connectivity index (χ1v) is 18.1. The van der Waals surface area contributed by atoms with E-state index in [1.54, 1.807) is 0 Å². The van der Waals surface area contributed by atoms with Crippen LogP contribution in [0.4, 0.5) is 0 Å². The van der Waals surface area contributed by atoms with E-state index in [0.717, 1.165) is 76.2 Å². The van der Waals surface area contributed by atoms with E-state index in [4.69, 9.17) is 14.2 Å². The standard InChI is InChI=1S/C36H64O7/c1-3-4-5-6-7-8-9-10-11-12-17-20-30(38)32-21-23-34(42-32)35-24-22-33(43-35)31(39)26-29(37)19-16-14-13-15-18-28-25-27(2)41-36(28)40/h25,27,29-35,37-39H,3-24,26H2,1-2H3/t27-,29?,30-,31+,32-,33-,34-,35-/m0/s1. The minimum atomic E-state index is -0.675. The van der Waals surface area contributed by atoms with Gasteiger partial charge in [-0.05, 0) is 64.4 Å². The van der Waals surface area contributed by atoms with Gasteiger partial charge in [0, 0.05) is 12.0 Å². The highest BCUT2D eigenvalue weighted by atomic mass is 16.6. The summed E-state index contributed by atoms with van der Waals surface area (Å²) in [5.74, 6) is -0.181. The lowest BCUT2D eigenvalue weighted by molar-refractivity contribution is -0.139. The van der Waals surface area contributed by atoms with Crippen LogP contribution in [0.25, 0.3) is 0 Å². The van der Waals surface area contributed by atoms with Gasteiger partial charge in [0.05, 0.1) is 42.7 Å².